The number of aliphatic hydroxyl groups is 1. The van der Waals surface area contributed by atoms with Crippen LogP contribution in [0.4, 0.5) is 0 Å². The third-order valence-electron chi connectivity index (χ3n) is 2.61. The summed E-state index contributed by atoms with van der Waals surface area (Å²) in [6, 6.07) is 6.70. The molecule has 1 aromatic carbocycles. The molecule has 19 heavy (non-hydrogen) atoms. The topological polar surface area (TPSA) is 33.1 Å². The number of halogens is 4. The lowest BCUT2D eigenvalue weighted by Gasteiger charge is -2.14. The summed E-state index contributed by atoms with van der Waals surface area (Å²) in [6.45, 7) is 0. The fourth-order valence-electron chi connectivity index (χ4n) is 1.69. The molecule has 1 aromatic heterocycles. The van der Waals surface area contributed by atoms with Gasteiger partial charge in [-0.05, 0) is 23.8 Å². The molecule has 0 fully saturated rings. The second-order valence-corrected chi connectivity index (χ2v) is 5.60. The quantitative estimate of drug-likeness (QED) is 0.858. The van der Waals surface area contributed by atoms with Crippen LogP contribution in [0.2, 0.25) is 20.1 Å². The van der Waals surface area contributed by atoms with E-state index in [9.17, 15) is 5.11 Å². The molecule has 0 radical (unpaired) electrons. The predicted octanol–water partition coefficient (Wildman–Crippen LogP) is 4.97. The van der Waals surface area contributed by atoms with Crippen molar-refractivity contribution in [3.8, 4) is 0 Å². The van der Waals surface area contributed by atoms with E-state index in [1.807, 2.05) is 0 Å². The number of pyridine rings is 1. The number of nitrogens with zero attached hydrogens (tertiary/aromatic N) is 1. The van der Waals surface area contributed by atoms with Gasteiger partial charge in [0.05, 0.1) is 15.7 Å². The summed E-state index contributed by atoms with van der Waals surface area (Å²) in [5, 5.41) is 11.9. The molecule has 0 aliphatic heterocycles. The zero-order valence-corrected chi connectivity index (χ0v) is 12.6. The van der Waals surface area contributed by atoms with Gasteiger partial charge in [-0.25, -0.2) is 0 Å². The Hall–Kier alpha value is -0.510. The van der Waals surface area contributed by atoms with Crippen molar-refractivity contribution in [3.05, 3.63) is 61.8 Å². The molecule has 2 aromatic rings. The maximum atomic E-state index is 10.2. The minimum Gasteiger partial charge on any atom is -0.386 e. The largest absolute Gasteiger partial charge is 0.386 e. The van der Waals surface area contributed by atoms with E-state index >= 15 is 0 Å². The molecule has 100 valence electrons. The van der Waals surface area contributed by atoms with E-state index in [1.54, 1.807) is 18.2 Å². The van der Waals surface area contributed by atoms with Crippen molar-refractivity contribution in [2.45, 2.75) is 12.5 Å². The predicted molar refractivity (Wildman–Crippen MR) is 79.4 cm³/mol. The first kappa shape index (κ1) is 14.9. The zero-order chi connectivity index (χ0) is 14.0. The van der Waals surface area contributed by atoms with Crippen LogP contribution in [-0.2, 0) is 6.42 Å². The average Bonchev–Trinajstić information content (AvgIpc) is 2.33. The van der Waals surface area contributed by atoms with Crippen LogP contribution in [0.1, 0.15) is 17.4 Å². The first-order chi connectivity index (χ1) is 8.99. The van der Waals surface area contributed by atoms with E-state index in [4.69, 9.17) is 46.4 Å². The highest BCUT2D eigenvalue weighted by Gasteiger charge is 2.17. The SMILES string of the molecule is OC(Cc1c(Cl)cccc1Cl)c1ncc(Cl)cc1Cl. The summed E-state index contributed by atoms with van der Waals surface area (Å²) >= 11 is 23.9. The molecule has 1 N–H and O–H groups in total. The smallest absolute Gasteiger partial charge is 0.102 e. The molecule has 2 rings (SSSR count). The summed E-state index contributed by atoms with van der Waals surface area (Å²) in [7, 11) is 0. The monoisotopic (exact) mass is 335 g/mol. The van der Waals surface area contributed by atoms with Crippen molar-refractivity contribution in [2.24, 2.45) is 0 Å². The van der Waals surface area contributed by atoms with Crippen molar-refractivity contribution in [1.29, 1.82) is 0 Å². The highest BCUT2D eigenvalue weighted by Crippen LogP contribution is 2.31. The van der Waals surface area contributed by atoms with Gasteiger partial charge in [-0.2, -0.15) is 0 Å². The molecule has 6 heteroatoms. The van der Waals surface area contributed by atoms with Crippen molar-refractivity contribution in [1.82, 2.24) is 4.98 Å². The molecule has 0 saturated heterocycles. The van der Waals surface area contributed by atoms with E-state index in [-0.39, 0.29) is 6.42 Å². The number of rotatable bonds is 3. The van der Waals surface area contributed by atoms with Crippen LogP contribution in [0.3, 0.4) is 0 Å². The third kappa shape index (κ3) is 3.53. The molecule has 0 saturated carbocycles. The molecule has 2 nitrogen and oxygen atoms in total. The molecular weight excluding hydrogens is 328 g/mol. The average molecular weight is 337 g/mol. The molecule has 1 atom stereocenters. The zero-order valence-electron chi connectivity index (χ0n) is 9.58. The van der Waals surface area contributed by atoms with Crippen LogP contribution < -0.4 is 0 Å². The van der Waals surface area contributed by atoms with E-state index < -0.39 is 6.10 Å². The van der Waals surface area contributed by atoms with Crippen LogP contribution >= 0.6 is 46.4 Å². The Morgan fingerprint density at radius 1 is 1.05 bits per heavy atom. The number of aliphatic hydroxyl groups excluding tert-OH is 1. The summed E-state index contributed by atoms with van der Waals surface area (Å²) < 4.78 is 0. The van der Waals surface area contributed by atoms with Gasteiger partial charge >= 0.3 is 0 Å². The number of aromatic nitrogens is 1. The van der Waals surface area contributed by atoms with Crippen molar-refractivity contribution >= 4 is 46.4 Å². The fraction of sp³-hybridized carbons (Fsp3) is 0.154. The van der Waals surface area contributed by atoms with Gasteiger partial charge in [0.25, 0.3) is 0 Å². The Bertz CT molecular complexity index is 583. The van der Waals surface area contributed by atoms with Gasteiger partial charge in [-0.1, -0.05) is 52.5 Å². The van der Waals surface area contributed by atoms with E-state index in [2.05, 4.69) is 4.98 Å². The van der Waals surface area contributed by atoms with Crippen molar-refractivity contribution < 1.29 is 5.11 Å². The lowest BCUT2D eigenvalue weighted by Crippen LogP contribution is -2.06. The highest BCUT2D eigenvalue weighted by molar-refractivity contribution is 6.36. The maximum Gasteiger partial charge on any atom is 0.102 e. The summed E-state index contributed by atoms with van der Waals surface area (Å²) in [4.78, 5) is 4.03. The van der Waals surface area contributed by atoms with Crippen molar-refractivity contribution in [3.63, 3.8) is 0 Å². The summed E-state index contributed by atoms with van der Waals surface area (Å²) in [6.07, 6.45) is 0.759. The van der Waals surface area contributed by atoms with Gasteiger partial charge in [0.2, 0.25) is 0 Å². The molecule has 0 spiro atoms. The Morgan fingerprint density at radius 2 is 1.68 bits per heavy atom. The Balaban J connectivity index is 2.28. The van der Waals surface area contributed by atoms with Gasteiger partial charge in [-0.15, -0.1) is 0 Å². The normalized spacial score (nSPS) is 12.5. The fourth-order valence-corrected chi connectivity index (χ4v) is 2.75. The second kappa shape index (κ2) is 6.29. The highest BCUT2D eigenvalue weighted by atomic mass is 35.5. The molecule has 1 heterocycles. The van der Waals surface area contributed by atoms with Crippen LogP contribution in [0.25, 0.3) is 0 Å². The van der Waals surface area contributed by atoms with E-state index in [0.717, 1.165) is 0 Å². The van der Waals surface area contributed by atoms with E-state index in [1.165, 1.54) is 12.3 Å². The summed E-state index contributed by atoms with van der Waals surface area (Å²) in [5.74, 6) is 0. The minimum absolute atomic E-state index is 0.229. The number of hydrogen-bond donors (Lipinski definition) is 1. The molecule has 0 amide bonds. The number of benzene rings is 1. The van der Waals surface area contributed by atoms with Crippen LogP contribution in [0.5, 0.6) is 0 Å². The molecular formula is C13H9Cl4NO. The first-order valence-electron chi connectivity index (χ1n) is 5.41. The molecule has 1 unspecified atom stereocenters. The number of hydrogen-bond acceptors (Lipinski definition) is 2. The Labute approximate surface area is 130 Å². The summed E-state index contributed by atoms with van der Waals surface area (Å²) in [5.41, 5.74) is 1.01. The van der Waals surface area contributed by atoms with Gasteiger partial charge in [-0.3, -0.25) is 4.98 Å². The van der Waals surface area contributed by atoms with Crippen molar-refractivity contribution in [2.75, 3.05) is 0 Å². The third-order valence-corrected chi connectivity index (χ3v) is 3.83. The standard InChI is InChI=1S/C13H9Cl4NO/c14-7-4-11(17)13(18-6-7)12(19)5-8-9(15)2-1-3-10(8)16/h1-4,6,12,19H,5H2. The molecule has 0 bridgehead atoms. The maximum absolute atomic E-state index is 10.2. The van der Waals surface area contributed by atoms with Gasteiger partial charge in [0.15, 0.2) is 0 Å². The van der Waals surface area contributed by atoms with Crippen LogP contribution in [0, 0.1) is 0 Å². The Kier molecular flexibility index (Phi) is 4.93. The van der Waals surface area contributed by atoms with E-state index in [0.29, 0.717) is 31.3 Å². The van der Waals surface area contributed by atoms with Crippen LogP contribution in [0.15, 0.2) is 30.5 Å². The van der Waals surface area contributed by atoms with Gasteiger partial charge in [0.1, 0.15) is 6.10 Å². The molecule has 0 aliphatic rings. The minimum atomic E-state index is -0.901. The lowest BCUT2D eigenvalue weighted by molar-refractivity contribution is 0.174. The lowest BCUT2D eigenvalue weighted by atomic mass is 10.0. The van der Waals surface area contributed by atoms with Gasteiger partial charge < -0.3 is 5.11 Å². The Morgan fingerprint density at radius 3 is 2.26 bits per heavy atom. The first-order valence-corrected chi connectivity index (χ1v) is 6.92. The van der Waals surface area contributed by atoms with Gasteiger partial charge in [0, 0.05) is 22.7 Å². The second-order valence-electron chi connectivity index (χ2n) is 3.94. The van der Waals surface area contributed by atoms with Crippen LogP contribution in [-0.4, -0.2) is 10.1 Å². The molecule has 0 aliphatic carbocycles.